The smallest absolute Gasteiger partial charge is 0.335 e. The molecule has 11 heteroatoms. The molecule has 0 spiro atoms. The molecular weight excluding hydrogens is 424 g/mol. The lowest BCUT2D eigenvalue weighted by Gasteiger charge is -2.09. The molecule has 0 atom stereocenters. The number of aliphatic imine (C=N–C) groups is 1. The van der Waals surface area contributed by atoms with Crippen LogP contribution in [0.15, 0.2) is 68.0 Å². The van der Waals surface area contributed by atoms with E-state index in [1.54, 1.807) is 24.3 Å². The molecule has 10 nitrogen and oxygen atoms in total. The Kier molecular flexibility index (Phi) is 6.49. The third-order valence-electron chi connectivity index (χ3n) is 4.31. The first-order chi connectivity index (χ1) is 14.7. The Morgan fingerprint density at radius 1 is 1.10 bits per heavy atom. The van der Waals surface area contributed by atoms with E-state index in [2.05, 4.69) is 14.7 Å². The van der Waals surface area contributed by atoms with Gasteiger partial charge in [0.15, 0.2) is 0 Å². The third-order valence-corrected chi connectivity index (χ3v) is 5.78. The lowest BCUT2D eigenvalue weighted by Crippen LogP contribution is -2.31. The Labute approximate surface area is 177 Å². The first kappa shape index (κ1) is 22.2. The average molecular weight is 444 g/mol. The van der Waals surface area contributed by atoms with E-state index in [0.29, 0.717) is 11.4 Å². The molecule has 1 heterocycles. The van der Waals surface area contributed by atoms with E-state index in [9.17, 15) is 23.1 Å². The van der Waals surface area contributed by atoms with E-state index >= 15 is 0 Å². The molecule has 1 aromatic heterocycles. The molecule has 0 radical (unpaired) electrons. The maximum Gasteiger partial charge on any atom is 0.335 e. The number of aryl methyl sites for hydroxylation is 1. The van der Waals surface area contributed by atoms with Crippen LogP contribution >= 0.6 is 0 Å². The van der Waals surface area contributed by atoms with Crippen LogP contribution in [0, 0.1) is 6.92 Å². The van der Waals surface area contributed by atoms with Crippen molar-refractivity contribution in [3.63, 3.8) is 0 Å². The highest BCUT2D eigenvalue weighted by molar-refractivity contribution is 7.89. The molecule has 0 bridgehead atoms. The maximum absolute atomic E-state index is 12.2. The van der Waals surface area contributed by atoms with E-state index in [1.165, 1.54) is 24.3 Å². The average Bonchev–Trinajstić information content (AvgIpc) is 2.73. The second-order valence-electron chi connectivity index (χ2n) is 6.54. The van der Waals surface area contributed by atoms with E-state index in [1.807, 2.05) is 6.92 Å². The second kappa shape index (κ2) is 9.08. The topological polar surface area (TPSA) is 154 Å². The molecule has 0 aliphatic heterocycles. The summed E-state index contributed by atoms with van der Waals surface area (Å²) in [5, 5.41) is 19.3. The van der Waals surface area contributed by atoms with Gasteiger partial charge >= 0.3 is 5.69 Å². The highest BCUT2D eigenvalue weighted by atomic mass is 32.2. The molecule has 0 saturated heterocycles. The van der Waals surface area contributed by atoms with Gasteiger partial charge in [0.05, 0.1) is 22.9 Å². The minimum Gasteiger partial charge on any atom is -0.493 e. The van der Waals surface area contributed by atoms with Crippen molar-refractivity contribution in [1.82, 2.24) is 14.3 Å². The minimum atomic E-state index is -3.76. The number of aromatic nitrogens is 2. The van der Waals surface area contributed by atoms with E-state index < -0.39 is 27.2 Å². The Morgan fingerprint density at radius 3 is 2.35 bits per heavy atom. The van der Waals surface area contributed by atoms with Crippen molar-refractivity contribution in [3.8, 4) is 11.6 Å². The number of sulfonamides is 1. The van der Waals surface area contributed by atoms with Gasteiger partial charge in [-0.15, -0.1) is 0 Å². The fourth-order valence-electron chi connectivity index (χ4n) is 2.70. The number of nitrogens with one attached hydrogen (secondary N) is 2. The summed E-state index contributed by atoms with van der Waals surface area (Å²) in [6.07, 6.45) is 1.09. The van der Waals surface area contributed by atoms with Crippen molar-refractivity contribution in [2.24, 2.45) is 4.99 Å². The molecule has 0 unspecified atom stereocenters. The van der Waals surface area contributed by atoms with Crippen LogP contribution in [-0.4, -0.2) is 47.5 Å². The molecule has 3 aromatic rings. The molecule has 0 aliphatic rings. The summed E-state index contributed by atoms with van der Waals surface area (Å²) in [5.74, 6) is -0.575. The van der Waals surface area contributed by atoms with Crippen LogP contribution in [0.25, 0.3) is 5.69 Å². The molecule has 3 rings (SSSR count). The summed E-state index contributed by atoms with van der Waals surface area (Å²) in [6, 6.07) is 12.2. The number of nitrogens with zero attached hydrogens (tertiary/aromatic N) is 2. The summed E-state index contributed by atoms with van der Waals surface area (Å²) in [6.45, 7) is 1.43. The molecule has 4 N–H and O–H groups in total. The van der Waals surface area contributed by atoms with Crippen molar-refractivity contribution in [2.45, 2.75) is 11.8 Å². The van der Waals surface area contributed by atoms with Gasteiger partial charge in [-0.25, -0.2) is 22.5 Å². The molecule has 2 aromatic carbocycles. The second-order valence-corrected chi connectivity index (χ2v) is 8.31. The van der Waals surface area contributed by atoms with Crippen molar-refractivity contribution >= 4 is 21.9 Å². The van der Waals surface area contributed by atoms with Gasteiger partial charge in [-0.2, -0.15) is 0 Å². The van der Waals surface area contributed by atoms with E-state index in [4.69, 9.17) is 5.11 Å². The normalized spacial score (nSPS) is 11.8. The summed E-state index contributed by atoms with van der Waals surface area (Å²) in [5.41, 5.74) is -0.214. The predicted octanol–water partition coefficient (Wildman–Crippen LogP) is 0.561. The summed E-state index contributed by atoms with van der Waals surface area (Å²) < 4.78 is 27.2. The number of aliphatic hydroxyl groups is 1. The fourth-order valence-corrected chi connectivity index (χ4v) is 3.72. The Morgan fingerprint density at radius 2 is 1.74 bits per heavy atom. The van der Waals surface area contributed by atoms with Crippen molar-refractivity contribution in [3.05, 3.63) is 80.5 Å². The fraction of sp³-hybridized carbons (Fsp3) is 0.150. The Balaban J connectivity index is 1.94. The summed E-state index contributed by atoms with van der Waals surface area (Å²) in [7, 11) is -3.76. The number of aromatic amines is 1. The highest BCUT2D eigenvalue weighted by Crippen LogP contribution is 2.19. The van der Waals surface area contributed by atoms with Crippen LogP contribution in [-0.2, 0) is 10.0 Å². The number of aliphatic hydroxyl groups excluding tert-OH is 1. The van der Waals surface area contributed by atoms with Crippen LogP contribution in [0.1, 0.15) is 11.1 Å². The lowest BCUT2D eigenvalue weighted by atomic mass is 10.2. The molecule has 0 fully saturated rings. The van der Waals surface area contributed by atoms with Crippen molar-refractivity contribution in [1.29, 1.82) is 0 Å². The van der Waals surface area contributed by atoms with E-state index in [-0.39, 0.29) is 23.6 Å². The van der Waals surface area contributed by atoms with Crippen LogP contribution in [0.3, 0.4) is 0 Å². The zero-order chi connectivity index (χ0) is 22.6. The van der Waals surface area contributed by atoms with E-state index in [0.717, 1.165) is 16.3 Å². The number of hydrogen-bond donors (Lipinski definition) is 4. The monoisotopic (exact) mass is 444 g/mol. The largest absolute Gasteiger partial charge is 0.493 e. The van der Waals surface area contributed by atoms with Gasteiger partial charge in [-0.3, -0.25) is 14.8 Å². The zero-order valence-corrected chi connectivity index (χ0v) is 17.3. The number of rotatable bonds is 7. The molecular formula is C20H20N4O6S. The van der Waals surface area contributed by atoms with Crippen molar-refractivity contribution in [2.75, 3.05) is 13.2 Å². The van der Waals surface area contributed by atoms with Gasteiger partial charge in [0.25, 0.3) is 5.56 Å². The molecule has 0 aliphatic carbocycles. The highest BCUT2D eigenvalue weighted by Gasteiger charge is 2.15. The van der Waals surface area contributed by atoms with Gasteiger partial charge in [0, 0.05) is 12.8 Å². The quantitative estimate of drug-likeness (QED) is 0.391. The van der Waals surface area contributed by atoms with Gasteiger partial charge in [0.2, 0.25) is 15.9 Å². The van der Waals surface area contributed by atoms with Crippen LogP contribution in [0.4, 0.5) is 5.69 Å². The van der Waals surface area contributed by atoms with Crippen LogP contribution in [0.5, 0.6) is 5.88 Å². The number of hydrogen-bond acceptors (Lipinski definition) is 7. The standard InChI is InChI=1S/C20H20N4O6S/c1-13-2-6-15(7-3-13)24-19(27)17(18(26)23-20(24)28)12-21-14-4-8-16(9-5-14)31(29,30)22-10-11-25/h2-9,12,22,25,27H,10-11H2,1H3,(H,23,26,28). The molecule has 0 amide bonds. The van der Waals surface area contributed by atoms with Gasteiger partial charge in [-0.05, 0) is 43.3 Å². The molecule has 31 heavy (non-hydrogen) atoms. The van der Waals surface area contributed by atoms with Crippen molar-refractivity contribution < 1.29 is 18.6 Å². The Bertz CT molecular complexity index is 1320. The molecule has 0 saturated carbocycles. The predicted molar refractivity (Wildman–Crippen MR) is 115 cm³/mol. The number of H-pyrrole nitrogens is 1. The first-order valence-corrected chi connectivity index (χ1v) is 10.6. The number of aromatic hydroxyl groups is 1. The lowest BCUT2D eigenvalue weighted by molar-refractivity contribution is 0.301. The first-order valence-electron chi connectivity index (χ1n) is 9.13. The third kappa shape index (κ3) is 4.97. The van der Waals surface area contributed by atoms with Gasteiger partial charge < -0.3 is 10.2 Å². The minimum absolute atomic E-state index is 0.0199. The van der Waals surface area contributed by atoms with Crippen LogP contribution < -0.4 is 16.0 Å². The SMILES string of the molecule is Cc1ccc(-n2c(O)c(C=Nc3ccc(S(=O)(=O)NCCO)cc3)c(=O)[nH]c2=O)cc1. The zero-order valence-electron chi connectivity index (χ0n) is 16.4. The Hall–Kier alpha value is -3.54. The van der Waals surface area contributed by atoms with Gasteiger partial charge in [0.1, 0.15) is 5.56 Å². The summed E-state index contributed by atoms with van der Waals surface area (Å²) >= 11 is 0. The number of benzene rings is 2. The maximum atomic E-state index is 12.2. The van der Waals surface area contributed by atoms with Crippen LogP contribution in [0.2, 0.25) is 0 Å². The van der Waals surface area contributed by atoms with Gasteiger partial charge in [-0.1, -0.05) is 17.7 Å². The summed E-state index contributed by atoms with van der Waals surface area (Å²) in [4.78, 5) is 30.6. The molecule has 162 valence electrons.